The molecule has 0 bridgehead atoms. The highest BCUT2D eigenvalue weighted by Gasteiger charge is 2.13. The van der Waals surface area contributed by atoms with E-state index < -0.39 is 10.0 Å². The van der Waals surface area contributed by atoms with Gasteiger partial charge in [-0.15, -0.1) is 0 Å². The van der Waals surface area contributed by atoms with Crippen molar-refractivity contribution in [3.8, 4) is 11.5 Å². The Morgan fingerprint density at radius 3 is 2.44 bits per heavy atom. The summed E-state index contributed by atoms with van der Waals surface area (Å²) in [7, 11) is -3.56. The van der Waals surface area contributed by atoms with Crippen LogP contribution in [0.1, 0.15) is 17.5 Å². The van der Waals surface area contributed by atoms with E-state index >= 15 is 0 Å². The Morgan fingerprint density at radius 2 is 1.72 bits per heavy atom. The molecule has 2 aromatic rings. The molecule has 1 heterocycles. The number of hydrogen-bond acceptors (Lipinski definition) is 5. The molecule has 8 heteroatoms. The largest absolute Gasteiger partial charge is 0.454 e. The number of amides is 1. The molecule has 7 nitrogen and oxygen atoms in total. The maximum atomic E-state index is 12.1. The average molecular weight is 362 g/mol. The molecule has 1 aliphatic heterocycles. The van der Waals surface area contributed by atoms with Crippen molar-refractivity contribution in [1.82, 2.24) is 0 Å². The fraction of sp³-hybridized carbons (Fsp3) is 0.235. The first-order valence-electron chi connectivity index (χ1n) is 7.67. The minimum atomic E-state index is -3.56. The summed E-state index contributed by atoms with van der Waals surface area (Å²) in [6.07, 6.45) is 0.893. The Kier molecular flexibility index (Phi) is 4.91. The van der Waals surface area contributed by atoms with E-state index in [2.05, 4.69) is 5.32 Å². The topological polar surface area (TPSA) is 108 Å². The Bertz CT molecular complexity index is 878. The molecule has 0 aromatic heterocycles. The molecular formula is C17H18N2O5S. The number of ether oxygens (including phenoxy) is 2. The number of nitrogens with one attached hydrogen (secondary N) is 1. The number of nitrogens with two attached hydrogens (primary N) is 1. The molecule has 0 unspecified atom stereocenters. The van der Waals surface area contributed by atoms with Crippen LogP contribution in [-0.4, -0.2) is 21.1 Å². The molecule has 1 aliphatic rings. The fourth-order valence-corrected chi connectivity index (χ4v) is 3.15. The molecule has 3 rings (SSSR count). The van der Waals surface area contributed by atoms with Crippen LogP contribution >= 0.6 is 0 Å². The number of primary sulfonamides is 1. The third-order valence-electron chi connectivity index (χ3n) is 3.68. The van der Waals surface area contributed by atoms with Crippen molar-refractivity contribution < 1.29 is 22.7 Å². The number of fused-ring (bicyclic) bond motifs is 1. The van der Waals surface area contributed by atoms with Crippen molar-refractivity contribution >= 4 is 21.6 Å². The van der Waals surface area contributed by atoms with E-state index in [0.717, 1.165) is 5.56 Å². The molecule has 0 spiro atoms. The van der Waals surface area contributed by atoms with Gasteiger partial charge >= 0.3 is 0 Å². The second kappa shape index (κ2) is 7.12. The van der Waals surface area contributed by atoms with Gasteiger partial charge in [-0.1, -0.05) is 18.2 Å². The normalized spacial score (nSPS) is 12.8. The second-order valence-corrected chi connectivity index (χ2v) is 7.35. The molecule has 0 radical (unpaired) electrons. The number of aryl methyl sites for hydroxylation is 1. The summed E-state index contributed by atoms with van der Waals surface area (Å²) in [6.45, 7) is 0.223. The maximum absolute atomic E-state index is 12.1. The summed E-state index contributed by atoms with van der Waals surface area (Å²) in [5.41, 5.74) is 2.16. The summed E-state index contributed by atoms with van der Waals surface area (Å²) >= 11 is 0. The highest BCUT2D eigenvalue weighted by Crippen LogP contribution is 2.32. The van der Waals surface area contributed by atoms with Gasteiger partial charge in [0.25, 0.3) is 0 Å². The zero-order valence-corrected chi connectivity index (χ0v) is 14.2. The predicted octanol–water partition coefficient (Wildman–Crippen LogP) is 1.78. The van der Waals surface area contributed by atoms with Crippen LogP contribution in [0.3, 0.4) is 0 Å². The van der Waals surface area contributed by atoms with Crippen LogP contribution in [0.25, 0.3) is 0 Å². The number of sulfonamides is 1. The SMILES string of the molecule is NS(=O)(=O)Cc1ccc(NC(=O)CCc2ccc3c(c2)OCO3)cc1. The molecule has 0 saturated carbocycles. The zero-order chi connectivity index (χ0) is 17.9. The molecule has 132 valence electrons. The second-order valence-electron chi connectivity index (χ2n) is 5.74. The standard InChI is InChI=1S/C17H18N2O5S/c18-25(21,22)10-13-1-5-14(6-2-13)19-17(20)8-4-12-3-7-15-16(9-12)24-11-23-15/h1-3,5-7,9H,4,8,10-11H2,(H,19,20)(H2,18,21,22). The quantitative estimate of drug-likeness (QED) is 0.814. The molecule has 0 fully saturated rings. The number of benzene rings is 2. The van der Waals surface area contributed by atoms with E-state index in [4.69, 9.17) is 14.6 Å². The molecule has 0 aliphatic carbocycles. The molecule has 2 aromatic carbocycles. The number of hydrogen-bond donors (Lipinski definition) is 2. The van der Waals surface area contributed by atoms with Crippen LogP contribution in [0.2, 0.25) is 0 Å². The molecule has 25 heavy (non-hydrogen) atoms. The van der Waals surface area contributed by atoms with E-state index in [0.29, 0.717) is 35.6 Å². The first kappa shape index (κ1) is 17.2. The molecule has 1 amide bonds. The van der Waals surface area contributed by atoms with Crippen molar-refractivity contribution in [3.05, 3.63) is 53.6 Å². The minimum absolute atomic E-state index is 0.128. The van der Waals surface area contributed by atoms with E-state index in [1.54, 1.807) is 24.3 Å². The van der Waals surface area contributed by atoms with Crippen molar-refractivity contribution in [1.29, 1.82) is 0 Å². The van der Waals surface area contributed by atoms with E-state index in [9.17, 15) is 13.2 Å². The lowest BCUT2D eigenvalue weighted by atomic mass is 10.1. The first-order chi connectivity index (χ1) is 11.9. The van der Waals surface area contributed by atoms with Gasteiger partial charge in [0.1, 0.15) is 0 Å². The summed E-state index contributed by atoms with van der Waals surface area (Å²) in [4.78, 5) is 12.1. The molecular weight excluding hydrogens is 344 g/mol. The Hall–Kier alpha value is -2.58. The summed E-state index contributed by atoms with van der Waals surface area (Å²) in [6, 6.07) is 12.2. The first-order valence-corrected chi connectivity index (χ1v) is 9.38. The summed E-state index contributed by atoms with van der Waals surface area (Å²) in [5, 5.41) is 7.78. The van der Waals surface area contributed by atoms with Gasteiger partial charge < -0.3 is 14.8 Å². The van der Waals surface area contributed by atoms with Crippen molar-refractivity contribution in [2.75, 3.05) is 12.1 Å². The smallest absolute Gasteiger partial charge is 0.231 e. The lowest BCUT2D eigenvalue weighted by Gasteiger charge is -2.07. The van der Waals surface area contributed by atoms with Crippen molar-refractivity contribution in [3.63, 3.8) is 0 Å². The van der Waals surface area contributed by atoms with E-state index in [-0.39, 0.29) is 18.5 Å². The number of carbonyl (C=O) groups excluding carboxylic acids is 1. The number of rotatable bonds is 6. The Labute approximate surface area is 145 Å². The van der Waals surface area contributed by atoms with Gasteiger partial charge in [-0.25, -0.2) is 13.6 Å². The molecule has 0 atom stereocenters. The van der Waals surface area contributed by atoms with Gasteiger partial charge in [0.05, 0.1) is 5.75 Å². The fourth-order valence-electron chi connectivity index (χ4n) is 2.49. The number of carbonyl (C=O) groups is 1. The molecule has 3 N–H and O–H groups in total. The van der Waals surface area contributed by atoms with Crippen LogP contribution < -0.4 is 19.9 Å². The van der Waals surface area contributed by atoms with Crippen molar-refractivity contribution in [2.24, 2.45) is 5.14 Å². The van der Waals surface area contributed by atoms with Gasteiger partial charge in [-0.2, -0.15) is 0 Å². The van der Waals surface area contributed by atoms with Gasteiger partial charge in [-0.05, 0) is 41.8 Å². The Balaban J connectivity index is 1.52. The highest BCUT2D eigenvalue weighted by atomic mass is 32.2. The number of anilines is 1. The predicted molar refractivity (Wildman–Crippen MR) is 92.8 cm³/mol. The van der Waals surface area contributed by atoms with E-state index in [1.165, 1.54) is 0 Å². The van der Waals surface area contributed by atoms with Gasteiger partial charge in [0.15, 0.2) is 11.5 Å². The third-order valence-corrected chi connectivity index (χ3v) is 4.42. The Morgan fingerprint density at radius 1 is 1.04 bits per heavy atom. The lowest BCUT2D eigenvalue weighted by Crippen LogP contribution is -2.15. The maximum Gasteiger partial charge on any atom is 0.231 e. The third kappa shape index (κ3) is 4.94. The zero-order valence-electron chi connectivity index (χ0n) is 13.4. The monoisotopic (exact) mass is 362 g/mol. The average Bonchev–Trinajstić information content (AvgIpc) is 3.01. The summed E-state index contributed by atoms with van der Waals surface area (Å²) < 4.78 is 32.7. The van der Waals surface area contributed by atoms with Crippen LogP contribution in [0.15, 0.2) is 42.5 Å². The van der Waals surface area contributed by atoms with Crippen LogP contribution in [0.5, 0.6) is 11.5 Å². The van der Waals surface area contributed by atoms with Crippen LogP contribution in [0.4, 0.5) is 5.69 Å². The van der Waals surface area contributed by atoms with Gasteiger partial charge in [0.2, 0.25) is 22.7 Å². The molecule has 0 saturated heterocycles. The van der Waals surface area contributed by atoms with Crippen LogP contribution in [-0.2, 0) is 27.0 Å². The highest BCUT2D eigenvalue weighted by molar-refractivity contribution is 7.88. The lowest BCUT2D eigenvalue weighted by molar-refractivity contribution is -0.116. The van der Waals surface area contributed by atoms with Crippen molar-refractivity contribution in [2.45, 2.75) is 18.6 Å². The van der Waals surface area contributed by atoms with E-state index in [1.807, 2.05) is 18.2 Å². The van der Waals surface area contributed by atoms with Crippen LogP contribution in [0, 0.1) is 0 Å². The summed E-state index contributed by atoms with van der Waals surface area (Å²) in [5.74, 6) is 1.05. The minimum Gasteiger partial charge on any atom is -0.454 e. The van der Waals surface area contributed by atoms with Gasteiger partial charge in [-0.3, -0.25) is 4.79 Å². The van der Waals surface area contributed by atoms with Gasteiger partial charge in [0, 0.05) is 12.1 Å².